The molecule has 4 heteroatoms. The van der Waals surface area contributed by atoms with Crippen LogP contribution >= 0.6 is 0 Å². The minimum absolute atomic E-state index is 0.173. The summed E-state index contributed by atoms with van der Waals surface area (Å²) in [6.07, 6.45) is 0. The Morgan fingerprint density at radius 1 is 1.33 bits per heavy atom. The molecule has 0 aromatic rings. The molecule has 1 rings (SSSR count). The van der Waals surface area contributed by atoms with E-state index in [2.05, 4.69) is 4.90 Å². The lowest BCUT2D eigenvalue weighted by atomic mass is 10.3. The second kappa shape index (κ2) is 4.42. The molecular weight excluding hydrogens is 156 g/mol. The minimum atomic E-state index is 0.173. The molecule has 0 aliphatic carbocycles. The summed E-state index contributed by atoms with van der Waals surface area (Å²) >= 11 is 0. The van der Waals surface area contributed by atoms with Gasteiger partial charge in [0.15, 0.2) is 0 Å². The fourth-order valence-electron chi connectivity index (χ4n) is 1.37. The van der Waals surface area contributed by atoms with Crippen LogP contribution in [0.4, 0.5) is 0 Å². The Hall–Kier alpha value is -0.610. The van der Waals surface area contributed by atoms with Gasteiger partial charge in [0.1, 0.15) is 0 Å². The highest BCUT2D eigenvalue weighted by atomic mass is 16.5. The maximum Gasteiger partial charge on any atom is 0.219 e. The van der Waals surface area contributed by atoms with E-state index >= 15 is 0 Å². The lowest BCUT2D eigenvalue weighted by molar-refractivity contribution is -0.131. The first kappa shape index (κ1) is 9.48. The van der Waals surface area contributed by atoms with Gasteiger partial charge in [-0.15, -0.1) is 0 Å². The van der Waals surface area contributed by atoms with Gasteiger partial charge in [-0.2, -0.15) is 0 Å². The number of amides is 1. The van der Waals surface area contributed by atoms with Crippen molar-refractivity contribution < 1.29 is 9.53 Å². The van der Waals surface area contributed by atoms with Gasteiger partial charge in [-0.25, -0.2) is 0 Å². The molecule has 1 amide bonds. The molecule has 12 heavy (non-hydrogen) atoms. The smallest absolute Gasteiger partial charge is 0.219 e. The number of ether oxygens (including phenoxy) is 1. The zero-order chi connectivity index (χ0) is 8.97. The van der Waals surface area contributed by atoms with E-state index in [4.69, 9.17) is 4.74 Å². The first-order chi connectivity index (χ1) is 5.74. The number of nitrogens with zero attached hydrogens (tertiary/aromatic N) is 2. The molecule has 4 nitrogen and oxygen atoms in total. The first-order valence-electron chi connectivity index (χ1n) is 4.21. The summed E-state index contributed by atoms with van der Waals surface area (Å²) in [5.74, 6) is 0.173. The maximum absolute atomic E-state index is 10.9. The Balaban J connectivity index is 2.25. The minimum Gasteiger partial charge on any atom is -0.369 e. The van der Waals surface area contributed by atoms with Crippen molar-refractivity contribution in [3.8, 4) is 0 Å². The van der Waals surface area contributed by atoms with Crippen LogP contribution in [0.15, 0.2) is 0 Å². The van der Waals surface area contributed by atoms with Crippen molar-refractivity contribution in [1.82, 2.24) is 9.80 Å². The predicted octanol–water partition coefficient (Wildman–Crippen LogP) is -0.246. The molecule has 0 unspecified atom stereocenters. The SMILES string of the molecule is COCN1CCN(C(C)=O)CC1. The van der Waals surface area contributed by atoms with Gasteiger partial charge >= 0.3 is 0 Å². The van der Waals surface area contributed by atoms with Crippen molar-refractivity contribution in [2.24, 2.45) is 0 Å². The van der Waals surface area contributed by atoms with Gasteiger partial charge in [0.05, 0.1) is 6.73 Å². The number of rotatable bonds is 2. The number of hydrogen-bond acceptors (Lipinski definition) is 3. The highest BCUT2D eigenvalue weighted by molar-refractivity contribution is 5.73. The van der Waals surface area contributed by atoms with E-state index in [-0.39, 0.29) is 5.91 Å². The lowest BCUT2D eigenvalue weighted by Gasteiger charge is -2.33. The Morgan fingerprint density at radius 3 is 2.33 bits per heavy atom. The average molecular weight is 172 g/mol. The van der Waals surface area contributed by atoms with E-state index in [9.17, 15) is 4.79 Å². The molecule has 1 aliphatic rings. The van der Waals surface area contributed by atoms with Crippen LogP contribution in [0.2, 0.25) is 0 Å². The number of carbonyl (C=O) groups excluding carboxylic acids is 1. The fourth-order valence-corrected chi connectivity index (χ4v) is 1.37. The number of piperazine rings is 1. The highest BCUT2D eigenvalue weighted by Crippen LogP contribution is 2.00. The third-order valence-corrected chi connectivity index (χ3v) is 2.13. The summed E-state index contributed by atoms with van der Waals surface area (Å²) in [4.78, 5) is 15.0. The molecule has 0 bridgehead atoms. The van der Waals surface area contributed by atoms with E-state index in [0.29, 0.717) is 6.73 Å². The predicted molar refractivity (Wildman–Crippen MR) is 45.7 cm³/mol. The summed E-state index contributed by atoms with van der Waals surface area (Å²) in [7, 11) is 1.69. The Labute approximate surface area is 73.1 Å². The second-order valence-corrected chi connectivity index (χ2v) is 3.04. The van der Waals surface area contributed by atoms with Crippen LogP contribution in [0, 0.1) is 0 Å². The molecule has 1 saturated heterocycles. The van der Waals surface area contributed by atoms with E-state index in [1.165, 1.54) is 0 Å². The average Bonchev–Trinajstić information content (AvgIpc) is 2.06. The molecule has 0 atom stereocenters. The largest absolute Gasteiger partial charge is 0.369 e. The standard InChI is InChI=1S/C8H16N2O2/c1-8(11)10-5-3-9(4-6-10)7-12-2/h3-7H2,1-2H3. The van der Waals surface area contributed by atoms with Crippen LogP contribution in [0.3, 0.4) is 0 Å². The van der Waals surface area contributed by atoms with Gasteiger partial charge in [-0.05, 0) is 0 Å². The zero-order valence-corrected chi connectivity index (χ0v) is 7.75. The Kier molecular flexibility index (Phi) is 3.49. The molecule has 1 aliphatic heterocycles. The van der Waals surface area contributed by atoms with Gasteiger partial charge in [-0.1, -0.05) is 0 Å². The molecule has 1 fully saturated rings. The maximum atomic E-state index is 10.9. The number of methoxy groups -OCH3 is 1. The number of hydrogen-bond donors (Lipinski definition) is 0. The molecule has 0 N–H and O–H groups in total. The third-order valence-electron chi connectivity index (χ3n) is 2.13. The van der Waals surface area contributed by atoms with Crippen molar-refractivity contribution in [3.63, 3.8) is 0 Å². The van der Waals surface area contributed by atoms with Gasteiger partial charge in [0.25, 0.3) is 0 Å². The van der Waals surface area contributed by atoms with Crippen LogP contribution in [0.1, 0.15) is 6.92 Å². The van der Waals surface area contributed by atoms with Crippen molar-refractivity contribution in [2.75, 3.05) is 40.0 Å². The van der Waals surface area contributed by atoms with Gasteiger partial charge < -0.3 is 9.64 Å². The van der Waals surface area contributed by atoms with Gasteiger partial charge in [0, 0.05) is 40.2 Å². The van der Waals surface area contributed by atoms with Crippen molar-refractivity contribution >= 4 is 5.91 Å². The summed E-state index contributed by atoms with van der Waals surface area (Å²) < 4.78 is 5.00. The van der Waals surface area contributed by atoms with Crippen LogP contribution in [0.25, 0.3) is 0 Å². The number of carbonyl (C=O) groups is 1. The van der Waals surface area contributed by atoms with E-state index < -0.39 is 0 Å². The van der Waals surface area contributed by atoms with Crippen LogP contribution < -0.4 is 0 Å². The second-order valence-electron chi connectivity index (χ2n) is 3.04. The summed E-state index contributed by atoms with van der Waals surface area (Å²) in [5.41, 5.74) is 0. The Bertz CT molecular complexity index is 153. The van der Waals surface area contributed by atoms with Gasteiger partial charge in [-0.3, -0.25) is 9.69 Å². The van der Waals surface area contributed by atoms with E-state index in [1.807, 2.05) is 4.90 Å². The topological polar surface area (TPSA) is 32.8 Å². The first-order valence-corrected chi connectivity index (χ1v) is 4.21. The summed E-state index contributed by atoms with van der Waals surface area (Å²) in [6.45, 7) is 5.80. The molecule has 0 saturated carbocycles. The van der Waals surface area contributed by atoms with Crippen LogP contribution in [-0.2, 0) is 9.53 Å². The van der Waals surface area contributed by atoms with E-state index in [1.54, 1.807) is 14.0 Å². The molecular formula is C8H16N2O2. The monoisotopic (exact) mass is 172 g/mol. The molecule has 70 valence electrons. The molecule has 0 aromatic heterocycles. The van der Waals surface area contributed by atoms with Gasteiger partial charge in [0.2, 0.25) is 5.91 Å². The summed E-state index contributed by atoms with van der Waals surface area (Å²) in [6, 6.07) is 0. The molecule has 0 aromatic carbocycles. The molecule has 0 spiro atoms. The zero-order valence-electron chi connectivity index (χ0n) is 7.75. The fraction of sp³-hybridized carbons (Fsp3) is 0.875. The summed E-state index contributed by atoms with van der Waals surface area (Å²) in [5, 5.41) is 0. The van der Waals surface area contributed by atoms with Crippen LogP contribution in [0.5, 0.6) is 0 Å². The highest BCUT2D eigenvalue weighted by Gasteiger charge is 2.17. The Morgan fingerprint density at radius 2 is 1.92 bits per heavy atom. The third kappa shape index (κ3) is 2.46. The lowest BCUT2D eigenvalue weighted by Crippen LogP contribution is -2.48. The van der Waals surface area contributed by atoms with E-state index in [0.717, 1.165) is 26.2 Å². The van der Waals surface area contributed by atoms with Crippen LogP contribution in [-0.4, -0.2) is 55.7 Å². The van der Waals surface area contributed by atoms with Crippen molar-refractivity contribution in [2.45, 2.75) is 6.92 Å². The molecule has 1 heterocycles. The van der Waals surface area contributed by atoms with Crippen molar-refractivity contribution in [1.29, 1.82) is 0 Å². The molecule has 0 radical (unpaired) electrons. The quantitative estimate of drug-likeness (QED) is 0.576. The normalized spacial score (nSPS) is 19.7. The van der Waals surface area contributed by atoms with Crippen molar-refractivity contribution in [3.05, 3.63) is 0 Å².